The average molecular weight is 271 g/mol. The van der Waals surface area contributed by atoms with Gasteiger partial charge in [0, 0.05) is 0 Å². The van der Waals surface area contributed by atoms with Crippen LogP contribution in [0.15, 0.2) is 18.2 Å². The molecule has 0 saturated heterocycles. The van der Waals surface area contributed by atoms with Gasteiger partial charge in [-0.25, -0.2) is 0 Å². The normalized spacial score (nSPS) is 12.0. The number of hydrogen-bond donors (Lipinski definition) is 1. The predicted molar refractivity (Wildman–Crippen MR) is 68.2 cm³/mol. The summed E-state index contributed by atoms with van der Waals surface area (Å²) in [6.07, 6.45) is 0. The van der Waals surface area contributed by atoms with Crippen LogP contribution in [0.4, 0.5) is 0 Å². The maximum absolute atomic E-state index is 11.9. The van der Waals surface area contributed by atoms with Crippen LogP contribution in [0.2, 0.25) is 10.0 Å². The Morgan fingerprint density at radius 1 is 1.41 bits per heavy atom. The second kappa shape index (κ2) is 5.90. The van der Waals surface area contributed by atoms with Crippen LogP contribution >= 0.6 is 23.2 Å². The van der Waals surface area contributed by atoms with Crippen molar-refractivity contribution in [3.05, 3.63) is 33.8 Å². The van der Waals surface area contributed by atoms with E-state index in [-0.39, 0.29) is 16.5 Å². The second-order valence-corrected chi connectivity index (χ2v) is 4.71. The Labute approximate surface area is 110 Å². The molecule has 1 unspecified atom stereocenters. The molecule has 0 aromatic heterocycles. The fourth-order valence-corrected chi connectivity index (χ4v) is 1.63. The van der Waals surface area contributed by atoms with Crippen molar-refractivity contribution in [3.63, 3.8) is 0 Å². The number of nitrogens with one attached hydrogen (secondary N) is 1. The summed E-state index contributed by atoms with van der Waals surface area (Å²) in [4.78, 5) is 11.9. The molecule has 90 valence electrons. The Morgan fingerprint density at radius 2 is 2.06 bits per heavy atom. The molecule has 1 amide bonds. The van der Waals surface area contributed by atoms with E-state index >= 15 is 0 Å². The topological polar surface area (TPSA) is 52.9 Å². The fraction of sp³-hybridized carbons (Fsp3) is 0.333. The zero-order valence-corrected chi connectivity index (χ0v) is 11.0. The summed E-state index contributed by atoms with van der Waals surface area (Å²) in [7, 11) is 0. The van der Waals surface area contributed by atoms with E-state index in [1.54, 1.807) is 18.2 Å². The van der Waals surface area contributed by atoms with Gasteiger partial charge in [-0.3, -0.25) is 4.79 Å². The SMILES string of the molecule is CC(C)C(C#N)NC(=O)c1cccc(Cl)c1Cl. The minimum absolute atomic E-state index is 0.0295. The molecule has 0 fully saturated rings. The van der Waals surface area contributed by atoms with E-state index in [2.05, 4.69) is 5.32 Å². The van der Waals surface area contributed by atoms with Crippen molar-refractivity contribution >= 4 is 29.1 Å². The molecule has 1 rings (SSSR count). The van der Waals surface area contributed by atoms with Crippen molar-refractivity contribution in [2.24, 2.45) is 5.92 Å². The van der Waals surface area contributed by atoms with Crippen molar-refractivity contribution < 1.29 is 4.79 Å². The van der Waals surface area contributed by atoms with Crippen LogP contribution in [-0.4, -0.2) is 11.9 Å². The zero-order chi connectivity index (χ0) is 13.0. The minimum Gasteiger partial charge on any atom is -0.336 e. The van der Waals surface area contributed by atoms with E-state index in [9.17, 15) is 4.79 Å². The second-order valence-electron chi connectivity index (χ2n) is 3.93. The zero-order valence-electron chi connectivity index (χ0n) is 9.50. The summed E-state index contributed by atoms with van der Waals surface area (Å²) >= 11 is 11.7. The van der Waals surface area contributed by atoms with E-state index in [1.165, 1.54) is 0 Å². The van der Waals surface area contributed by atoms with Gasteiger partial charge in [0.2, 0.25) is 0 Å². The number of carbonyl (C=O) groups is 1. The quantitative estimate of drug-likeness (QED) is 0.917. The van der Waals surface area contributed by atoms with Crippen molar-refractivity contribution in [3.8, 4) is 6.07 Å². The first-order chi connectivity index (χ1) is 7.97. The Hall–Kier alpha value is -1.24. The highest BCUT2D eigenvalue weighted by molar-refractivity contribution is 6.43. The van der Waals surface area contributed by atoms with Gasteiger partial charge < -0.3 is 5.32 Å². The lowest BCUT2D eigenvalue weighted by Crippen LogP contribution is -2.37. The summed E-state index contributed by atoms with van der Waals surface area (Å²) in [5.74, 6) is -0.361. The summed E-state index contributed by atoms with van der Waals surface area (Å²) in [6, 6.07) is 6.29. The third kappa shape index (κ3) is 3.36. The van der Waals surface area contributed by atoms with Crippen LogP contribution in [0.25, 0.3) is 0 Å². The van der Waals surface area contributed by atoms with E-state index in [4.69, 9.17) is 28.5 Å². The highest BCUT2D eigenvalue weighted by atomic mass is 35.5. The van der Waals surface area contributed by atoms with Crippen LogP contribution in [-0.2, 0) is 0 Å². The molecule has 0 radical (unpaired) electrons. The lowest BCUT2D eigenvalue weighted by atomic mass is 10.1. The largest absolute Gasteiger partial charge is 0.336 e. The molecule has 0 saturated carbocycles. The monoisotopic (exact) mass is 270 g/mol. The maximum atomic E-state index is 11.9. The van der Waals surface area contributed by atoms with Gasteiger partial charge in [0.05, 0.1) is 21.7 Å². The average Bonchev–Trinajstić information content (AvgIpc) is 2.28. The first-order valence-corrected chi connectivity index (χ1v) is 5.87. The number of benzene rings is 1. The standard InChI is InChI=1S/C12H12Cl2N2O/c1-7(2)10(6-15)16-12(17)8-4-3-5-9(13)11(8)14/h3-5,7,10H,1-2H3,(H,16,17). The van der Waals surface area contributed by atoms with Crippen molar-refractivity contribution in [2.45, 2.75) is 19.9 Å². The molecule has 3 nitrogen and oxygen atoms in total. The number of nitriles is 1. The molecular formula is C12H12Cl2N2O. The predicted octanol–water partition coefficient (Wildman–Crippen LogP) is 3.27. The Balaban J connectivity index is 2.91. The number of carbonyl (C=O) groups excluding carboxylic acids is 1. The molecule has 0 heterocycles. The summed E-state index contributed by atoms with van der Waals surface area (Å²) < 4.78 is 0. The lowest BCUT2D eigenvalue weighted by molar-refractivity contribution is 0.0938. The molecule has 5 heteroatoms. The molecule has 0 aliphatic rings. The summed E-state index contributed by atoms with van der Waals surface area (Å²) in [5, 5.41) is 12.0. The van der Waals surface area contributed by atoms with Gasteiger partial charge in [-0.05, 0) is 18.1 Å². The van der Waals surface area contributed by atoms with Crippen molar-refractivity contribution in [1.29, 1.82) is 5.26 Å². The van der Waals surface area contributed by atoms with Gasteiger partial charge in [0.15, 0.2) is 0 Å². The molecule has 0 aliphatic heterocycles. The van der Waals surface area contributed by atoms with Gasteiger partial charge >= 0.3 is 0 Å². The van der Waals surface area contributed by atoms with Crippen LogP contribution in [0.1, 0.15) is 24.2 Å². The summed E-state index contributed by atoms with van der Waals surface area (Å²) in [5.41, 5.74) is 0.278. The van der Waals surface area contributed by atoms with Gasteiger partial charge in [-0.15, -0.1) is 0 Å². The molecular weight excluding hydrogens is 259 g/mol. The molecule has 0 aliphatic carbocycles. The Morgan fingerprint density at radius 3 is 2.59 bits per heavy atom. The number of nitrogens with zero attached hydrogens (tertiary/aromatic N) is 1. The molecule has 1 aromatic rings. The molecule has 1 N–H and O–H groups in total. The molecule has 17 heavy (non-hydrogen) atoms. The summed E-state index contributed by atoms with van der Waals surface area (Å²) in [6.45, 7) is 3.71. The van der Waals surface area contributed by atoms with Gasteiger partial charge in [-0.2, -0.15) is 5.26 Å². The fourth-order valence-electron chi connectivity index (χ4n) is 1.25. The molecule has 0 spiro atoms. The van der Waals surface area contributed by atoms with Crippen LogP contribution in [0.3, 0.4) is 0 Å². The molecule has 1 aromatic carbocycles. The molecule has 1 atom stereocenters. The van der Waals surface area contributed by atoms with Crippen molar-refractivity contribution in [1.82, 2.24) is 5.32 Å². The van der Waals surface area contributed by atoms with Gasteiger partial charge in [-0.1, -0.05) is 43.1 Å². The number of amides is 1. The first kappa shape index (κ1) is 13.8. The van der Waals surface area contributed by atoms with E-state index < -0.39 is 11.9 Å². The van der Waals surface area contributed by atoms with E-state index in [0.29, 0.717) is 5.02 Å². The van der Waals surface area contributed by atoms with Crippen LogP contribution < -0.4 is 5.32 Å². The highest BCUT2D eigenvalue weighted by Crippen LogP contribution is 2.25. The Bertz CT molecular complexity index is 466. The lowest BCUT2D eigenvalue weighted by Gasteiger charge is -2.15. The Kier molecular flexibility index (Phi) is 4.80. The molecule has 0 bridgehead atoms. The third-order valence-corrected chi connectivity index (χ3v) is 3.11. The number of hydrogen-bond acceptors (Lipinski definition) is 2. The maximum Gasteiger partial charge on any atom is 0.253 e. The minimum atomic E-state index is -0.544. The number of rotatable bonds is 3. The third-order valence-electron chi connectivity index (χ3n) is 2.29. The van der Waals surface area contributed by atoms with Crippen LogP contribution in [0, 0.1) is 17.2 Å². The number of halogens is 2. The van der Waals surface area contributed by atoms with E-state index in [0.717, 1.165) is 0 Å². The smallest absolute Gasteiger partial charge is 0.253 e. The van der Waals surface area contributed by atoms with Gasteiger partial charge in [0.1, 0.15) is 6.04 Å². The van der Waals surface area contributed by atoms with Gasteiger partial charge in [0.25, 0.3) is 5.91 Å². The van der Waals surface area contributed by atoms with Crippen LogP contribution in [0.5, 0.6) is 0 Å². The van der Waals surface area contributed by atoms with Crippen molar-refractivity contribution in [2.75, 3.05) is 0 Å². The highest BCUT2D eigenvalue weighted by Gasteiger charge is 2.18. The first-order valence-electron chi connectivity index (χ1n) is 5.12. The van der Waals surface area contributed by atoms with E-state index in [1.807, 2.05) is 19.9 Å².